The van der Waals surface area contributed by atoms with Crippen molar-refractivity contribution in [2.24, 2.45) is 0 Å². The van der Waals surface area contributed by atoms with Crippen LogP contribution < -0.4 is 4.74 Å². The van der Waals surface area contributed by atoms with E-state index in [1.165, 1.54) is 29.4 Å². The molecule has 2 heterocycles. The minimum Gasteiger partial charge on any atom is -0.497 e. The predicted octanol–water partition coefficient (Wildman–Crippen LogP) is 4.48. The van der Waals surface area contributed by atoms with Crippen molar-refractivity contribution >= 4 is 27.5 Å². The smallest absolute Gasteiger partial charge is 0.310 e. The standard InChI is InChI=1S/C21H21NO3S/c1-12-16(11-18(23)25-3)19(13-7-9-14(24-2)10-8-13)20-15-5-4-6-17(15)26-21(20)22-12/h7-10H,4-6,11H2,1-3H3. The molecule has 0 bridgehead atoms. The van der Waals surface area contributed by atoms with Crippen LogP contribution in [0, 0.1) is 6.92 Å². The van der Waals surface area contributed by atoms with Gasteiger partial charge >= 0.3 is 5.97 Å². The van der Waals surface area contributed by atoms with Crippen molar-refractivity contribution in [3.8, 4) is 16.9 Å². The minimum atomic E-state index is -0.240. The Kier molecular flexibility index (Phi) is 4.41. The molecule has 1 aliphatic rings. The normalized spacial score (nSPS) is 13.0. The van der Waals surface area contributed by atoms with E-state index in [1.54, 1.807) is 18.4 Å². The van der Waals surface area contributed by atoms with E-state index >= 15 is 0 Å². The van der Waals surface area contributed by atoms with Crippen LogP contribution in [0.2, 0.25) is 0 Å². The third kappa shape index (κ3) is 2.76. The first-order valence-corrected chi connectivity index (χ1v) is 9.59. The molecular weight excluding hydrogens is 346 g/mol. The maximum atomic E-state index is 12.1. The van der Waals surface area contributed by atoms with Gasteiger partial charge in [-0.2, -0.15) is 0 Å². The van der Waals surface area contributed by atoms with E-state index < -0.39 is 0 Å². The number of aromatic nitrogens is 1. The van der Waals surface area contributed by atoms with Crippen LogP contribution in [-0.2, 0) is 28.8 Å². The number of esters is 1. The monoisotopic (exact) mass is 367 g/mol. The molecule has 0 N–H and O–H groups in total. The second-order valence-corrected chi connectivity index (χ2v) is 7.65. The minimum absolute atomic E-state index is 0.233. The Morgan fingerprint density at radius 3 is 2.65 bits per heavy atom. The van der Waals surface area contributed by atoms with E-state index in [9.17, 15) is 4.79 Å². The molecule has 0 saturated carbocycles. The molecular formula is C21H21NO3S. The Bertz CT molecular complexity index is 989. The summed E-state index contributed by atoms with van der Waals surface area (Å²) in [6.07, 6.45) is 3.64. The van der Waals surface area contributed by atoms with Gasteiger partial charge in [-0.15, -0.1) is 11.3 Å². The summed E-state index contributed by atoms with van der Waals surface area (Å²) in [6.45, 7) is 1.98. The third-order valence-electron chi connectivity index (χ3n) is 5.09. The van der Waals surface area contributed by atoms with Gasteiger partial charge in [0.1, 0.15) is 10.6 Å². The molecule has 0 fully saturated rings. The molecule has 134 valence electrons. The van der Waals surface area contributed by atoms with Gasteiger partial charge in [0.2, 0.25) is 0 Å². The summed E-state index contributed by atoms with van der Waals surface area (Å²) in [5.74, 6) is 0.580. The van der Waals surface area contributed by atoms with Gasteiger partial charge in [-0.1, -0.05) is 12.1 Å². The fourth-order valence-electron chi connectivity index (χ4n) is 3.79. The molecule has 2 aromatic heterocycles. The van der Waals surface area contributed by atoms with E-state index in [0.717, 1.165) is 45.8 Å². The van der Waals surface area contributed by atoms with Crippen molar-refractivity contribution in [1.82, 2.24) is 4.98 Å². The maximum Gasteiger partial charge on any atom is 0.310 e. The van der Waals surface area contributed by atoms with Crippen molar-refractivity contribution in [3.63, 3.8) is 0 Å². The van der Waals surface area contributed by atoms with Crippen molar-refractivity contribution in [2.75, 3.05) is 14.2 Å². The number of benzene rings is 1. The lowest BCUT2D eigenvalue weighted by molar-refractivity contribution is -0.139. The highest BCUT2D eigenvalue weighted by Crippen LogP contribution is 2.44. The number of methoxy groups -OCH3 is 2. The number of thiophene rings is 1. The largest absolute Gasteiger partial charge is 0.497 e. The first-order valence-electron chi connectivity index (χ1n) is 8.77. The number of aryl methyl sites for hydroxylation is 3. The molecule has 0 spiro atoms. The number of carbonyl (C=O) groups is 1. The van der Waals surface area contributed by atoms with Crippen molar-refractivity contribution in [2.45, 2.75) is 32.6 Å². The number of hydrogen-bond acceptors (Lipinski definition) is 5. The van der Waals surface area contributed by atoms with Crippen molar-refractivity contribution < 1.29 is 14.3 Å². The first kappa shape index (κ1) is 17.0. The SMILES string of the molecule is COC(=O)Cc1c(C)nc2sc3c(c2c1-c1ccc(OC)cc1)CCC3. The van der Waals surface area contributed by atoms with Crippen LogP contribution in [-0.4, -0.2) is 25.2 Å². The van der Waals surface area contributed by atoms with Crippen LogP contribution in [0.4, 0.5) is 0 Å². The maximum absolute atomic E-state index is 12.1. The highest BCUT2D eigenvalue weighted by Gasteiger charge is 2.25. The van der Waals surface area contributed by atoms with E-state index in [-0.39, 0.29) is 12.4 Å². The molecule has 0 atom stereocenters. The molecule has 3 aromatic rings. The average Bonchev–Trinajstić information content (AvgIpc) is 3.23. The van der Waals surface area contributed by atoms with E-state index in [0.29, 0.717) is 0 Å². The van der Waals surface area contributed by atoms with Crippen LogP contribution in [0.25, 0.3) is 21.3 Å². The first-order chi connectivity index (χ1) is 12.6. The predicted molar refractivity (Wildman–Crippen MR) is 104 cm³/mol. The lowest BCUT2D eigenvalue weighted by Crippen LogP contribution is -2.09. The number of hydrogen-bond donors (Lipinski definition) is 0. The average molecular weight is 367 g/mol. The Balaban J connectivity index is 2.01. The van der Waals surface area contributed by atoms with E-state index in [4.69, 9.17) is 14.5 Å². The molecule has 1 aliphatic carbocycles. The molecule has 0 amide bonds. The lowest BCUT2D eigenvalue weighted by atomic mass is 9.92. The Morgan fingerprint density at radius 2 is 1.96 bits per heavy atom. The van der Waals surface area contributed by atoms with Gasteiger partial charge in [-0.05, 0) is 60.6 Å². The molecule has 0 radical (unpaired) electrons. The van der Waals surface area contributed by atoms with Crippen LogP contribution in [0.15, 0.2) is 24.3 Å². The summed E-state index contributed by atoms with van der Waals surface area (Å²) in [6, 6.07) is 8.05. The number of pyridine rings is 1. The summed E-state index contributed by atoms with van der Waals surface area (Å²) in [5.41, 5.74) is 5.48. The van der Waals surface area contributed by atoms with Gasteiger partial charge in [0.05, 0.1) is 20.6 Å². The van der Waals surface area contributed by atoms with Gasteiger partial charge in [0, 0.05) is 16.0 Å². The Morgan fingerprint density at radius 1 is 1.19 bits per heavy atom. The fraction of sp³-hybridized carbons (Fsp3) is 0.333. The summed E-state index contributed by atoms with van der Waals surface area (Å²) < 4.78 is 10.2. The number of nitrogens with zero attached hydrogens (tertiary/aromatic N) is 1. The zero-order valence-electron chi connectivity index (χ0n) is 15.2. The molecule has 0 aliphatic heterocycles. The van der Waals surface area contributed by atoms with Gasteiger partial charge in [-0.25, -0.2) is 4.98 Å². The van der Waals surface area contributed by atoms with E-state index in [2.05, 4.69) is 12.1 Å². The highest BCUT2D eigenvalue weighted by molar-refractivity contribution is 7.19. The van der Waals surface area contributed by atoms with Crippen LogP contribution in [0.5, 0.6) is 5.75 Å². The van der Waals surface area contributed by atoms with Gasteiger partial charge < -0.3 is 9.47 Å². The quantitative estimate of drug-likeness (QED) is 0.638. The molecule has 0 unspecified atom stereocenters. The number of rotatable bonds is 4. The molecule has 5 heteroatoms. The van der Waals surface area contributed by atoms with Gasteiger partial charge in [0.25, 0.3) is 0 Å². The molecule has 26 heavy (non-hydrogen) atoms. The zero-order valence-corrected chi connectivity index (χ0v) is 16.0. The second kappa shape index (κ2) is 6.72. The summed E-state index contributed by atoms with van der Waals surface area (Å²) >= 11 is 1.80. The van der Waals surface area contributed by atoms with Crippen molar-refractivity contribution in [1.29, 1.82) is 0 Å². The number of fused-ring (bicyclic) bond motifs is 3. The number of carbonyl (C=O) groups excluding carboxylic acids is 1. The second-order valence-electron chi connectivity index (χ2n) is 6.57. The summed E-state index contributed by atoms with van der Waals surface area (Å²) in [4.78, 5) is 19.4. The van der Waals surface area contributed by atoms with Crippen LogP contribution in [0.1, 0.15) is 28.1 Å². The van der Waals surface area contributed by atoms with Gasteiger partial charge in [-0.3, -0.25) is 4.79 Å². The molecule has 0 saturated heterocycles. The lowest BCUT2D eigenvalue weighted by Gasteiger charge is -2.15. The van der Waals surface area contributed by atoms with E-state index in [1.807, 2.05) is 19.1 Å². The topological polar surface area (TPSA) is 48.4 Å². The molecule has 4 nitrogen and oxygen atoms in total. The number of ether oxygens (including phenoxy) is 2. The van der Waals surface area contributed by atoms with Crippen molar-refractivity contribution in [3.05, 3.63) is 46.0 Å². The summed E-state index contributed by atoms with van der Waals surface area (Å²) in [7, 11) is 3.09. The Hall–Kier alpha value is -2.40. The Labute approximate surface area is 156 Å². The highest BCUT2D eigenvalue weighted by atomic mass is 32.1. The summed E-state index contributed by atoms with van der Waals surface area (Å²) in [5, 5.41) is 1.22. The third-order valence-corrected chi connectivity index (χ3v) is 6.27. The fourth-order valence-corrected chi connectivity index (χ4v) is 5.10. The van der Waals surface area contributed by atoms with Crippen LogP contribution >= 0.6 is 11.3 Å². The van der Waals surface area contributed by atoms with Gasteiger partial charge in [0.15, 0.2) is 0 Å². The molecule has 4 rings (SSSR count). The molecule has 1 aromatic carbocycles. The van der Waals surface area contributed by atoms with Crippen LogP contribution in [0.3, 0.4) is 0 Å². The zero-order chi connectivity index (χ0) is 18.3.